The number of anilines is 1. The van der Waals surface area contributed by atoms with Crippen molar-refractivity contribution in [2.75, 3.05) is 5.73 Å². The molecule has 0 aliphatic rings. The number of aromatic nitrogens is 1. The quantitative estimate of drug-likeness (QED) is 0.797. The van der Waals surface area contributed by atoms with Crippen LogP contribution in [-0.4, -0.2) is 10.8 Å². The van der Waals surface area contributed by atoms with Gasteiger partial charge in [0.25, 0.3) is 0 Å². The third-order valence-electron chi connectivity index (χ3n) is 2.33. The lowest BCUT2D eigenvalue weighted by atomic mass is 9.93. The van der Waals surface area contributed by atoms with Gasteiger partial charge in [-0.1, -0.05) is 6.92 Å². The van der Waals surface area contributed by atoms with Gasteiger partial charge in [-0.3, -0.25) is 0 Å². The lowest BCUT2D eigenvalue weighted by Crippen LogP contribution is -2.07. The molecule has 0 aromatic carbocycles. The molecule has 14 heavy (non-hydrogen) atoms. The van der Waals surface area contributed by atoms with Gasteiger partial charge in [-0.2, -0.15) is 0 Å². The first kappa shape index (κ1) is 10.7. The topological polar surface area (TPSA) is 56.0 Å². The Balaban J connectivity index is 2.99. The fraction of sp³-hybridized carbons (Fsp3) is 0.455. The largest absolute Gasteiger partial charge is 0.383 e. The third-order valence-corrected chi connectivity index (χ3v) is 2.33. The van der Waals surface area contributed by atoms with Crippen LogP contribution in [0.25, 0.3) is 0 Å². The highest BCUT2D eigenvalue weighted by Crippen LogP contribution is 2.26. The van der Waals surface area contributed by atoms with Gasteiger partial charge in [0.15, 0.2) is 0 Å². The molecule has 0 amide bonds. The van der Waals surface area contributed by atoms with Crippen LogP contribution < -0.4 is 5.73 Å². The highest BCUT2D eigenvalue weighted by Gasteiger charge is 2.14. The molecule has 0 aliphatic heterocycles. The van der Waals surface area contributed by atoms with Gasteiger partial charge in [0.1, 0.15) is 11.6 Å². The molecule has 0 fully saturated rings. The summed E-state index contributed by atoms with van der Waals surface area (Å²) in [5, 5.41) is 0. The number of Topliss-reactive ketones (excluding diaryl/α,β-unsaturated/α-hetero) is 1. The Morgan fingerprint density at radius 1 is 1.64 bits per heavy atom. The predicted molar refractivity (Wildman–Crippen MR) is 57.1 cm³/mol. The number of carbonyl (C=O) groups excluding carboxylic acids is 1. The molecule has 0 radical (unpaired) electrons. The predicted octanol–water partition coefficient (Wildman–Crippen LogP) is 2.05. The van der Waals surface area contributed by atoms with Gasteiger partial charge in [-0.15, -0.1) is 0 Å². The van der Waals surface area contributed by atoms with Crippen LogP contribution >= 0.6 is 0 Å². The molecule has 1 aromatic heterocycles. The summed E-state index contributed by atoms with van der Waals surface area (Å²) >= 11 is 0. The Labute approximate surface area is 84.3 Å². The van der Waals surface area contributed by atoms with E-state index >= 15 is 0 Å². The lowest BCUT2D eigenvalue weighted by Gasteiger charge is -2.14. The van der Waals surface area contributed by atoms with Crippen molar-refractivity contribution in [3.8, 4) is 0 Å². The number of pyridine rings is 1. The van der Waals surface area contributed by atoms with Crippen molar-refractivity contribution in [1.29, 1.82) is 0 Å². The molecule has 1 rings (SSSR count). The number of rotatable bonds is 3. The first-order chi connectivity index (χ1) is 6.52. The second kappa shape index (κ2) is 4.22. The summed E-state index contributed by atoms with van der Waals surface area (Å²) in [7, 11) is 0. The maximum Gasteiger partial charge on any atom is 0.130 e. The maximum atomic E-state index is 11.0. The molecule has 3 heteroatoms. The fourth-order valence-corrected chi connectivity index (χ4v) is 1.77. The Kier molecular flexibility index (Phi) is 3.23. The van der Waals surface area contributed by atoms with Crippen LogP contribution in [0.5, 0.6) is 0 Å². The van der Waals surface area contributed by atoms with E-state index in [-0.39, 0.29) is 11.7 Å². The molecule has 0 aliphatic carbocycles. The van der Waals surface area contributed by atoms with Crippen molar-refractivity contribution < 1.29 is 4.79 Å². The van der Waals surface area contributed by atoms with E-state index in [1.807, 2.05) is 19.9 Å². The number of aryl methyl sites for hydroxylation is 1. The molecule has 1 heterocycles. The number of nitrogens with two attached hydrogens (primary N) is 1. The van der Waals surface area contributed by atoms with E-state index < -0.39 is 0 Å². The monoisotopic (exact) mass is 192 g/mol. The standard InChI is InChI=1S/C11H16N2O/c1-7-4-5-13-11(12)10(7)8(2)6-9(3)14/h4-5,8H,6H2,1-3H3,(H2,12,13). The molecule has 1 aromatic rings. The first-order valence-corrected chi connectivity index (χ1v) is 4.72. The summed E-state index contributed by atoms with van der Waals surface area (Å²) < 4.78 is 0. The minimum atomic E-state index is 0.154. The van der Waals surface area contributed by atoms with Crippen molar-refractivity contribution in [3.63, 3.8) is 0 Å². The molecule has 0 saturated carbocycles. The summed E-state index contributed by atoms with van der Waals surface area (Å²) in [6.07, 6.45) is 2.21. The van der Waals surface area contributed by atoms with Crippen molar-refractivity contribution in [3.05, 3.63) is 23.4 Å². The smallest absolute Gasteiger partial charge is 0.130 e. The highest BCUT2D eigenvalue weighted by molar-refractivity contribution is 5.76. The van der Waals surface area contributed by atoms with E-state index in [1.54, 1.807) is 13.1 Å². The van der Waals surface area contributed by atoms with E-state index in [0.29, 0.717) is 12.2 Å². The van der Waals surface area contributed by atoms with Crippen molar-refractivity contribution in [2.45, 2.75) is 33.1 Å². The molecule has 76 valence electrons. The Morgan fingerprint density at radius 3 is 2.79 bits per heavy atom. The molecule has 0 saturated heterocycles. The third kappa shape index (κ3) is 2.31. The minimum absolute atomic E-state index is 0.154. The second-order valence-corrected chi connectivity index (χ2v) is 3.73. The van der Waals surface area contributed by atoms with E-state index in [4.69, 9.17) is 5.73 Å². The van der Waals surface area contributed by atoms with Gasteiger partial charge >= 0.3 is 0 Å². The molecule has 3 nitrogen and oxygen atoms in total. The summed E-state index contributed by atoms with van der Waals surface area (Å²) in [5.41, 5.74) is 7.88. The Hall–Kier alpha value is -1.38. The summed E-state index contributed by atoms with van der Waals surface area (Å²) in [4.78, 5) is 15.0. The molecular weight excluding hydrogens is 176 g/mol. The number of carbonyl (C=O) groups is 1. The van der Waals surface area contributed by atoms with Gasteiger partial charge < -0.3 is 10.5 Å². The zero-order valence-corrected chi connectivity index (χ0v) is 8.87. The SMILES string of the molecule is CC(=O)CC(C)c1c(C)ccnc1N. The van der Waals surface area contributed by atoms with Crippen LogP contribution in [-0.2, 0) is 4.79 Å². The minimum Gasteiger partial charge on any atom is -0.383 e. The maximum absolute atomic E-state index is 11.0. The molecule has 0 bridgehead atoms. The summed E-state index contributed by atoms with van der Waals surface area (Å²) in [6, 6.07) is 1.92. The van der Waals surface area contributed by atoms with Gasteiger partial charge in [0.05, 0.1) is 0 Å². The Morgan fingerprint density at radius 2 is 2.29 bits per heavy atom. The summed E-state index contributed by atoms with van der Waals surface area (Å²) in [6.45, 7) is 5.59. The average molecular weight is 192 g/mol. The molecular formula is C11H16N2O. The highest BCUT2D eigenvalue weighted by atomic mass is 16.1. The van der Waals surface area contributed by atoms with E-state index in [1.165, 1.54) is 0 Å². The van der Waals surface area contributed by atoms with Gasteiger partial charge in [-0.05, 0) is 31.4 Å². The lowest BCUT2D eigenvalue weighted by molar-refractivity contribution is -0.117. The Bertz CT molecular complexity index is 327. The summed E-state index contributed by atoms with van der Waals surface area (Å²) in [5.74, 6) is 0.875. The average Bonchev–Trinajstić information content (AvgIpc) is 2.01. The molecule has 1 unspecified atom stereocenters. The van der Waals surface area contributed by atoms with Crippen molar-refractivity contribution in [1.82, 2.24) is 4.98 Å². The van der Waals surface area contributed by atoms with Crippen LogP contribution in [0.2, 0.25) is 0 Å². The van der Waals surface area contributed by atoms with Gasteiger partial charge in [0, 0.05) is 18.2 Å². The van der Waals surface area contributed by atoms with E-state index in [0.717, 1.165) is 11.1 Å². The van der Waals surface area contributed by atoms with Crippen LogP contribution in [0.15, 0.2) is 12.3 Å². The number of ketones is 1. The fourth-order valence-electron chi connectivity index (χ4n) is 1.77. The van der Waals surface area contributed by atoms with Crippen molar-refractivity contribution in [2.24, 2.45) is 0 Å². The van der Waals surface area contributed by atoms with Crippen LogP contribution in [0, 0.1) is 6.92 Å². The zero-order chi connectivity index (χ0) is 10.7. The normalized spacial score (nSPS) is 12.5. The van der Waals surface area contributed by atoms with Crippen molar-refractivity contribution >= 4 is 11.6 Å². The second-order valence-electron chi connectivity index (χ2n) is 3.73. The van der Waals surface area contributed by atoms with Crippen LogP contribution in [0.3, 0.4) is 0 Å². The number of hydrogen-bond acceptors (Lipinski definition) is 3. The van der Waals surface area contributed by atoms with E-state index in [2.05, 4.69) is 4.98 Å². The number of nitrogen functional groups attached to an aromatic ring is 1. The zero-order valence-electron chi connectivity index (χ0n) is 8.87. The van der Waals surface area contributed by atoms with Crippen LogP contribution in [0.4, 0.5) is 5.82 Å². The van der Waals surface area contributed by atoms with Gasteiger partial charge in [0.2, 0.25) is 0 Å². The molecule has 2 N–H and O–H groups in total. The van der Waals surface area contributed by atoms with Crippen LogP contribution in [0.1, 0.15) is 37.3 Å². The molecule has 1 atom stereocenters. The number of nitrogens with zero attached hydrogens (tertiary/aromatic N) is 1. The first-order valence-electron chi connectivity index (χ1n) is 4.72. The molecule has 0 spiro atoms. The van der Waals surface area contributed by atoms with Gasteiger partial charge in [-0.25, -0.2) is 4.98 Å². The number of hydrogen-bond donors (Lipinski definition) is 1. The van der Waals surface area contributed by atoms with E-state index in [9.17, 15) is 4.79 Å².